The van der Waals surface area contributed by atoms with E-state index >= 15 is 0 Å². The minimum absolute atomic E-state index is 0.184. The maximum atomic E-state index is 13.9. The van der Waals surface area contributed by atoms with Crippen LogP contribution < -0.4 is 0 Å². The van der Waals surface area contributed by atoms with E-state index in [-0.39, 0.29) is 18.0 Å². The average Bonchev–Trinajstić information content (AvgIpc) is 2.59. The molecule has 24 heavy (non-hydrogen) atoms. The normalized spacial score (nSPS) is 15.4. The lowest BCUT2D eigenvalue weighted by Crippen LogP contribution is -2.36. The molecular weight excluding hydrogens is 329 g/mol. The van der Waals surface area contributed by atoms with E-state index in [1.807, 2.05) is 18.2 Å². The molecule has 4 rings (SSSR count). The Kier molecular flexibility index (Phi) is 3.54. The van der Waals surface area contributed by atoms with Crippen molar-refractivity contribution in [2.24, 2.45) is 0 Å². The zero-order valence-electron chi connectivity index (χ0n) is 12.7. The number of benzene rings is 1. The molecule has 0 radical (unpaired) electrons. The van der Waals surface area contributed by atoms with Gasteiger partial charge < -0.3 is 0 Å². The van der Waals surface area contributed by atoms with Gasteiger partial charge in [0, 0.05) is 36.8 Å². The molecule has 0 unspecified atom stereocenters. The molecule has 3 heterocycles. The number of halogens is 1. The summed E-state index contributed by atoms with van der Waals surface area (Å²) in [7, 11) is -3.87. The Labute approximate surface area is 138 Å². The summed E-state index contributed by atoms with van der Waals surface area (Å²) in [5.74, 6) is -0.732. The lowest BCUT2D eigenvalue weighted by Gasteiger charge is -2.27. The number of fused-ring (bicyclic) bond motifs is 2. The molecule has 5 nitrogen and oxygen atoms in total. The molecule has 3 aromatic rings. The minimum Gasteiger partial charge on any atom is -0.237 e. The molecule has 0 N–H and O–H groups in total. The van der Waals surface area contributed by atoms with Crippen LogP contribution in [-0.4, -0.2) is 29.2 Å². The minimum atomic E-state index is -3.87. The first kappa shape index (κ1) is 15.2. The molecular formula is C17H14FN3O2S. The van der Waals surface area contributed by atoms with Crippen LogP contribution in [0.2, 0.25) is 0 Å². The summed E-state index contributed by atoms with van der Waals surface area (Å²) in [6.45, 7) is 0.457. The average molecular weight is 343 g/mol. The van der Waals surface area contributed by atoms with E-state index in [0.29, 0.717) is 12.1 Å². The summed E-state index contributed by atoms with van der Waals surface area (Å²) in [6.07, 6.45) is 2.16. The fourth-order valence-electron chi connectivity index (χ4n) is 2.94. The Morgan fingerprint density at radius 1 is 1.12 bits per heavy atom. The molecule has 1 aromatic carbocycles. The van der Waals surface area contributed by atoms with E-state index in [1.165, 1.54) is 22.5 Å². The van der Waals surface area contributed by atoms with Gasteiger partial charge in [-0.05, 0) is 35.9 Å². The van der Waals surface area contributed by atoms with Gasteiger partial charge in [0.1, 0.15) is 10.7 Å². The molecule has 0 bridgehead atoms. The lowest BCUT2D eigenvalue weighted by atomic mass is 10.1. The molecule has 0 fully saturated rings. The predicted molar refractivity (Wildman–Crippen MR) is 87.2 cm³/mol. The molecule has 1 aliphatic heterocycles. The first-order valence-corrected chi connectivity index (χ1v) is 8.98. The third-order valence-corrected chi connectivity index (χ3v) is 6.04. The van der Waals surface area contributed by atoms with Gasteiger partial charge in [-0.1, -0.05) is 12.1 Å². The number of pyridine rings is 2. The van der Waals surface area contributed by atoms with E-state index in [9.17, 15) is 12.8 Å². The molecule has 0 saturated carbocycles. The van der Waals surface area contributed by atoms with Crippen molar-refractivity contribution in [1.82, 2.24) is 14.3 Å². The second-order valence-corrected chi connectivity index (χ2v) is 7.57. The van der Waals surface area contributed by atoms with E-state index in [1.54, 1.807) is 6.20 Å². The third-order valence-electron chi connectivity index (χ3n) is 4.16. The van der Waals surface area contributed by atoms with Crippen molar-refractivity contribution in [2.45, 2.75) is 17.9 Å². The standard InChI is InChI=1S/C17H14FN3O2S/c18-14-5-1-2-6-16(14)24(22,23)21-9-7-15-13(11-21)10-12-4-3-8-19-17(12)20-15/h1-6,8,10H,7,9,11H2. The van der Waals surface area contributed by atoms with Crippen LogP contribution in [0.4, 0.5) is 4.39 Å². The van der Waals surface area contributed by atoms with E-state index < -0.39 is 15.8 Å². The summed E-state index contributed by atoms with van der Waals surface area (Å²) >= 11 is 0. The summed E-state index contributed by atoms with van der Waals surface area (Å²) in [5, 5.41) is 0.862. The summed E-state index contributed by atoms with van der Waals surface area (Å²) in [4.78, 5) is 8.45. The Bertz CT molecular complexity index is 1040. The molecule has 122 valence electrons. The van der Waals surface area contributed by atoms with Gasteiger partial charge in [0.25, 0.3) is 0 Å². The van der Waals surface area contributed by atoms with E-state index in [0.717, 1.165) is 22.7 Å². The van der Waals surface area contributed by atoms with E-state index in [4.69, 9.17) is 0 Å². The van der Waals surface area contributed by atoms with Crippen LogP contribution in [-0.2, 0) is 23.0 Å². The SMILES string of the molecule is O=S(=O)(c1ccccc1F)N1CCc2nc3ncccc3cc2C1. The Morgan fingerprint density at radius 3 is 2.79 bits per heavy atom. The molecule has 1 aliphatic rings. The predicted octanol–water partition coefficient (Wildman–Crippen LogP) is 2.52. The van der Waals surface area contributed by atoms with Gasteiger partial charge in [0.2, 0.25) is 10.0 Å². The van der Waals surface area contributed by atoms with Gasteiger partial charge in [-0.3, -0.25) is 0 Å². The van der Waals surface area contributed by atoms with Crippen molar-refractivity contribution in [3.8, 4) is 0 Å². The van der Waals surface area contributed by atoms with Crippen LogP contribution in [0.3, 0.4) is 0 Å². The maximum absolute atomic E-state index is 13.9. The first-order valence-electron chi connectivity index (χ1n) is 7.54. The largest absolute Gasteiger partial charge is 0.246 e. The molecule has 0 spiro atoms. The van der Waals surface area contributed by atoms with Crippen molar-refractivity contribution in [3.63, 3.8) is 0 Å². The van der Waals surface area contributed by atoms with Crippen LogP contribution in [0, 0.1) is 5.82 Å². The summed E-state index contributed by atoms with van der Waals surface area (Å²) < 4.78 is 40.7. The van der Waals surface area contributed by atoms with Crippen molar-refractivity contribution in [3.05, 3.63) is 65.7 Å². The number of aromatic nitrogens is 2. The van der Waals surface area contributed by atoms with Gasteiger partial charge in [0.05, 0.1) is 0 Å². The van der Waals surface area contributed by atoms with Crippen LogP contribution >= 0.6 is 0 Å². The second-order valence-electron chi connectivity index (χ2n) is 5.66. The number of sulfonamides is 1. The summed E-state index contributed by atoms with van der Waals surface area (Å²) in [6, 6.07) is 11.1. The van der Waals surface area contributed by atoms with Gasteiger partial charge in [-0.15, -0.1) is 0 Å². The maximum Gasteiger partial charge on any atom is 0.246 e. The van der Waals surface area contributed by atoms with E-state index in [2.05, 4.69) is 9.97 Å². The van der Waals surface area contributed by atoms with Crippen LogP contribution in [0.25, 0.3) is 11.0 Å². The van der Waals surface area contributed by atoms with Crippen molar-refractivity contribution >= 4 is 21.1 Å². The van der Waals surface area contributed by atoms with Gasteiger partial charge >= 0.3 is 0 Å². The quantitative estimate of drug-likeness (QED) is 0.717. The van der Waals surface area contributed by atoms with Crippen molar-refractivity contribution in [1.29, 1.82) is 0 Å². The zero-order valence-corrected chi connectivity index (χ0v) is 13.5. The summed E-state index contributed by atoms with van der Waals surface area (Å²) in [5.41, 5.74) is 2.34. The van der Waals surface area contributed by atoms with Gasteiger partial charge in [0.15, 0.2) is 5.65 Å². The highest BCUT2D eigenvalue weighted by Gasteiger charge is 2.31. The Hall–Kier alpha value is -2.38. The van der Waals surface area contributed by atoms with Crippen LogP contribution in [0.15, 0.2) is 53.6 Å². The molecule has 0 saturated heterocycles. The van der Waals surface area contributed by atoms with Crippen molar-refractivity contribution in [2.75, 3.05) is 6.54 Å². The first-order chi connectivity index (χ1) is 11.6. The smallest absolute Gasteiger partial charge is 0.237 e. The number of hydrogen-bond acceptors (Lipinski definition) is 4. The molecule has 0 aliphatic carbocycles. The fraction of sp³-hybridized carbons (Fsp3) is 0.176. The number of nitrogens with zero attached hydrogens (tertiary/aromatic N) is 3. The van der Waals surface area contributed by atoms with Crippen LogP contribution in [0.5, 0.6) is 0 Å². The molecule has 2 aromatic heterocycles. The molecule has 0 amide bonds. The van der Waals surface area contributed by atoms with Gasteiger partial charge in [-0.25, -0.2) is 22.8 Å². The third kappa shape index (κ3) is 2.46. The number of hydrogen-bond donors (Lipinski definition) is 0. The van der Waals surface area contributed by atoms with Crippen molar-refractivity contribution < 1.29 is 12.8 Å². The highest BCUT2D eigenvalue weighted by Crippen LogP contribution is 2.27. The molecule has 0 atom stereocenters. The Morgan fingerprint density at radius 2 is 1.96 bits per heavy atom. The highest BCUT2D eigenvalue weighted by atomic mass is 32.2. The second kappa shape index (κ2) is 5.61. The molecule has 7 heteroatoms. The topological polar surface area (TPSA) is 63.2 Å². The fourth-order valence-corrected chi connectivity index (χ4v) is 4.42. The highest BCUT2D eigenvalue weighted by molar-refractivity contribution is 7.89. The Balaban J connectivity index is 1.74. The van der Waals surface area contributed by atoms with Gasteiger partial charge in [-0.2, -0.15) is 4.31 Å². The van der Waals surface area contributed by atoms with Crippen LogP contribution in [0.1, 0.15) is 11.3 Å². The monoisotopic (exact) mass is 343 g/mol. The zero-order chi connectivity index (χ0) is 16.7. The number of rotatable bonds is 2. The lowest BCUT2D eigenvalue weighted by molar-refractivity contribution is 0.385.